The molecule has 2 rings (SSSR count). The maximum Gasteiger partial charge on any atom is 0.259 e. The van der Waals surface area contributed by atoms with E-state index in [1.54, 1.807) is 19.5 Å². The van der Waals surface area contributed by atoms with Gasteiger partial charge in [0.05, 0.1) is 18.2 Å². The average Bonchev–Trinajstić information content (AvgIpc) is 2.78. The Kier molecular flexibility index (Phi) is 3.46. The summed E-state index contributed by atoms with van der Waals surface area (Å²) in [7, 11) is 1.57. The molecule has 0 bridgehead atoms. The zero-order valence-electron chi connectivity index (χ0n) is 9.75. The second kappa shape index (κ2) is 5.03. The standard InChI is InChI=1S/C11H14N4O2/c1-7-3-8(5-13-4-7)11-14-10(15-17-11)9(12)6-16-2/h3-5,9H,6,12H2,1-2H3. The first-order chi connectivity index (χ1) is 8.20. The van der Waals surface area contributed by atoms with Gasteiger partial charge in [0.25, 0.3) is 5.89 Å². The van der Waals surface area contributed by atoms with Gasteiger partial charge in [-0.2, -0.15) is 4.98 Å². The van der Waals surface area contributed by atoms with Gasteiger partial charge in [-0.3, -0.25) is 4.98 Å². The largest absolute Gasteiger partial charge is 0.383 e. The second-order valence-corrected chi connectivity index (χ2v) is 3.77. The first kappa shape index (κ1) is 11.7. The van der Waals surface area contributed by atoms with Crippen LogP contribution < -0.4 is 5.73 Å². The van der Waals surface area contributed by atoms with Crippen LogP contribution in [0.5, 0.6) is 0 Å². The Bertz CT molecular complexity index is 498. The summed E-state index contributed by atoms with van der Waals surface area (Å²) in [5, 5.41) is 3.82. The van der Waals surface area contributed by atoms with Gasteiger partial charge in [0.1, 0.15) is 0 Å². The zero-order valence-corrected chi connectivity index (χ0v) is 9.75. The molecule has 1 unspecified atom stereocenters. The first-order valence-electron chi connectivity index (χ1n) is 5.21. The fraction of sp³-hybridized carbons (Fsp3) is 0.364. The molecule has 0 fully saturated rings. The van der Waals surface area contributed by atoms with Gasteiger partial charge in [-0.15, -0.1) is 0 Å². The number of hydrogen-bond acceptors (Lipinski definition) is 6. The topological polar surface area (TPSA) is 87.1 Å². The summed E-state index contributed by atoms with van der Waals surface area (Å²) in [4.78, 5) is 8.28. The predicted molar refractivity (Wildman–Crippen MR) is 61.1 cm³/mol. The number of ether oxygens (including phenoxy) is 1. The number of methoxy groups -OCH3 is 1. The van der Waals surface area contributed by atoms with Crippen molar-refractivity contribution in [3.05, 3.63) is 29.8 Å². The molecule has 6 heteroatoms. The smallest absolute Gasteiger partial charge is 0.259 e. The first-order valence-corrected chi connectivity index (χ1v) is 5.21. The van der Waals surface area contributed by atoms with Gasteiger partial charge in [0, 0.05) is 19.5 Å². The van der Waals surface area contributed by atoms with Gasteiger partial charge in [-0.1, -0.05) is 5.16 Å². The molecule has 2 aromatic rings. The van der Waals surface area contributed by atoms with Crippen LogP contribution in [0.3, 0.4) is 0 Å². The molecule has 6 nitrogen and oxygen atoms in total. The highest BCUT2D eigenvalue weighted by Gasteiger charge is 2.15. The minimum atomic E-state index is -0.379. The summed E-state index contributed by atoms with van der Waals surface area (Å²) in [5.41, 5.74) is 7.62. The van der Waals surface area contributed by atoms with E-state index in [-0.39, 0.29) is 6.04 Å². The van der Waals surface area contributed by atoms with Crippen molar-refractivity contribution in [2.75, 3.05) is 13.7 Å². The van der Waals surface area contributed by atoms with Crippen molar-refractivity contribution in [3.8, 4) is 11.5 Å². The Morgan fingerprint density at radius 1 is 1.47 bits per heavy atom. The molecule has 2 heterocycles. The van der Waals surface area contributed by atoms with Gasteiger partial charge in [0.2, 0.25) is 0 Å². The molecule has 0 aromatic carbocycles. The highest BCUT2D eigenvalue weighted by atomic mass is 16.5. The number of aryl methyl sites for hydroxylation is 1. The summed E-state index contributed by atoms with van der Waals surface area (Å²) in [6.07, 6.45) is 3.43. The summed E-state index contributed by atoms with van der Waals surface area (Å²) in [5.74, 6) is 0.853. The third-order valence-electron chi connectivity index (χ3n) is 2.24. The maximum absolute atomic E-state index is 5.80. The van der Waals surface area contributed by atoms with E-state index in [1.165, 1.54) is 0 Å². The molecule has 0 aliphatic heterocycles. The predicted octanol–water partition coefficient (Wildman–Crippen LogP) is 1.09. The van der Waals surface area contributed by atoms with E-state index in [9.17, 15) is 0 Å². The van der Waals surface area contributed by atoms with Gasteiger partial charge in [-0.05, 0) is 18.6 Å². The van der Waals surface area contributed by atoms with Crippen LogP contribution in [0.1, 0.15) is 17.4 Å². The lowest BCUT2D eigenvalue weighted by molar-refractivity contribution is 0.177. The average molecular weight is 234 g/mol. The summed E-state index contributed by atoms with van der Waals surface area (Å²) in [6.45, 7) is 2.30. The van der Waals surface area contributed by atoms with Crippen LogP contribution in [0.2, 0.25) is 0 Å². The Morgan fingerprint density at radius 2 is 2.29 bits per heavy atom. The molecule has 0 aliphatic rings. The van der Waals surface area contributed by atoms with Crippen molar-refractivity contribution in [1.82, 2.24) is 15.1 Å². The van der Waals surface area contributed by atoms with Crippen molar-refractivity contribution < 1.29 is 9.26 Å². The summed E-state index contributed by atoms with van der Waals surface area (Å²) >= 11 is 0. The van der Waals surface area contributed by atoms with Gasteiger partial charge in [0.15, 0.2) is 5.82 Å². The van der Waals surface area contributed by atoms with Crippen molar-refractivity contribution in [2.24, 2.45) is 5.73 Å². The molecule has 0 amide bonds. The van der Waals surface area contributed by atoms with Crippen LogP contribution in [0, 0.1) is 6.92 Å². The van der Waals surface area contributed by atoms with Crippen LogP contribution >= 0.6 is 0 Å². The quantitative estimate of drug-likeness (QED) is 0.851. The third kappa shape index (κ3) is 2.66. The molecular weight excluding hydrogens is 220 g/mol. The van der Waals surface area contributed by atoms with Crippen molar-refractivity contribution >= 4 is 0 Å². The van der Waals surface area contributed by atoms with Gasteiger partial charge < -0.3 is 15.0 Å². The van der Waals surface area contributed by atoms with Crippen LogP contribution in [0.15, 0.2) is 23.0 Å². The fourth-order valence-corrected chi connectivity index (χ4v) is 1.43. The Balaban J connectivity index is 2.23. The molecule has 1 atom stereocenters. The number of pyridine rings is 1. The van der Waals surface area contributed by atoms with Crippen LogP contribution in [0.25, 0.3) is 11.5 Å². The van der Waals surface area contributed by atoms with E-state index in [2.05, 4.69) is 15.1 Å². The number of aromatic nitrogens is 3. The number of nitrogens with zero attached hydrogens (tertiary/aromatic N) is 3. The van der Waals surface area contributed by atoms with E-state index < -0.39 is 0 Å². The van der Waals surface area contributed by atoms with Crippen LogP contribution in [-0.2, 0) is 4.74 Å². The Labute approximate surface area is 98.8 Å². The van der Waals surface area contributed by atoms with E-state index in [1.807, 2.05) is 13.0 Å². The van der Waals surface area contributed by atoms with Crippen LogP contribution in [0.4, 0.5) is 0 Å². The second-order valence-electron chi connectivity index (χ2n) is 3.77. The monoisotopic (exact) mass is 234 g/mol. The number of rotatable bonds is 4. The minimum absolute atomic E-state index is 0.352. The maximum atomic E-state index is 5.80. The SMILES string of the molecule is COCC(N)c1noc(-c2cncc(C)c2)n1. The highest BCUT2D eigenvalue weighted by Crippen LogP contribution is 2.18. The third-order valence-corrected chi connectivity index (χ3v) is 2.24. The molecule has 90 valence electrons. The normalized spacial score (nSPS) is 12.6. The lowest BCUT2D eigenvalue weighted by atomic mass is 10.2. The molecule has 0 saturated carbocycles. The lowest BCUT2D eigenvalue weighted by Crippen LogP contribution is -2.17. The van der Waals surface area contributed by atoms with Gasteiger partial charge >= 0.3 is 0 Å². The molecule has 2 aromatic heterocycles. The van der Waals surface area contributed by atoms with Crippen LogP contribution in [-0.4, -0.2) is 28.8 Å². The van der Waals surface area contributed by atoms with E-state index in [0.29, 0.717) is 18.3 Å². The Morgan fingerprint density at radius 3 is 3.00 bits per heavy atom. The van der Waals surface area contributed by atoms with E-state index in [4.69, 9.17) is 15.0 Å². The Hall–Kier alpha value is -1.79. The molecule has 0 saturated heterocycles. The van der Waals surface area contributed by atoms with E-state index in [0.717, 1.165) is 11.1 Å². The molecule has 17 heavy (non-hydrogen) atoms. The van der Waals surface area contributed by atoms with Crippen molar-refractivity contribution in [2.45, 2.75) is 13.0 Å². The number of hydrogen-bond donors (Lipinski definition) is 1. The highest BCUT2D eigenvalue weighted by molar-refractivity contribution is 5.51. The van der Waals surface area contributed by atoms with Crippen molar-refractivity contribution in [3.63, 3.8) is 0 Å². The van der Waals surface area contributed by atoms with Crippen molar-refractivity contribution in [1.29, 1.82) is 0 Å². The van der Waals surface area contributed by atoms with Gasteiger partial charge in [-0.25, -0.2) is 0 Å². The molecule has 0 radical (unpaired) electrons. The lowest BCUT2D eigenvalue weighted by Gasteiger charge is -2.03. The fourth-order valence-electron chi connectivity index (χ4n) is 1.43. The van der Waals surface area contributed by atoms with E-state index >= 15 is 0 Å². The zero-order chi connectivity index (χ0) is 12.3. The summed E-state index contributed by atoms with van der Waals surface area (Å²) < 4.78 is 10.1. The minimum Gasteiger partial charge on any atom is -0.383 e. The molecule has 0 spiro atoms. The number of nitrogens with two attached hydrogens (primary N) is 1. The molecule has 2 N–H and O–H groups in total. The molecular formula is C11H14N4O2. The molecule has 0 aliphatic carbocycles. The summed E-state index contributed by atoms with van der Waals surface area (Å²) in [6, 6.07) is 1.54.